The number of nitrogens with one attached hydrogen (secondary N) is 2. The molecule has 0 aliphatic heterocycles. The van der Waals surface area contributed by atoms with Gasteiger partial charge < -0.3 is 19.2 Å². The Kier molecular flexibility index (Phi) is 6.33. The first-order valence-corrected chi connectivity index (χ1v) is 12.0. The van der Waals surface area contributed by atoms with Crippen molar-refractivity contribution in [1.82, 2.24) is 5.32 Å². The predicted molar refractivity (Wildman–Crippen MR) is 123 cm³/mol. The molecule has 1 aliphatic rings. The van der Waals surface area contributed by atoms with Crippen LogP contribution in [0.15, 0.2) is 70.2 Å². The van der Waals surface area contributed by atoms with E-state index in [1.807, 2.05) is 6.07 Å². The van der Waals surface area contributed by atoms with Crippen LogP contribution in [0.25, 0.3) is 0 Å². The second-order valence-corrected chi connectivity index (χ2v) is 9.55. The number of benzene rings is 2. The molecule has 1 aromatic heterocycles. The number of carbonyl (C=O) groups is 1. The molecule has 1 heterocycles. The number of rotatable bonds is 9. The SMILES string of the molecule is COc1ccc(OC)c(S(=O)(=O)Nc2ccc(C3(C(=O)NCc4ccco4)CCC3)cc2)c1. The Bertz CT molecular complexity index is 1220. The molecule has 0 unspecified atom stereocenters. The molecule has 174 valence electrons. The maximum Gasteiger partial charge on any atom is 0.265 e. The van der Waals surface area contributed by atoms with Gasteiger partial charge in [0.25, 0.3) is 10.0 Å². The van der Waals surface area contributed by atoms with E-state index >= 15 is 0 Å². The normalized spacial score (nSPS) is 14.7. The highest BCUT2D eigenvalue weighted by atomic mass is 32.2. The molecular formula is C24H26N2O6S. The van der Waals surface area contributed by atoms with E-state index in [9.17, 15) is 13.2 Å². The van der Waals surface area contributed by atoms with Crippen LogP contribution in [0.3, 0.4) is 0 Å². The van der Waals surface area contributed by atoms with Gasteiger partial charge in [0.1, 0.15) is 22.2 Å². The zero-order chi connectivity index (χ0) is 23.5. The van der Waals surface area contributed by atoms with Crippen LogP contribution in [0.4, 0.5) is 5.69 Å². The van der Waals surface area contributed by atoms with Crippen molar-refractivity contribution < 1.29 is 27.1 Å². The zero-order valence-corrected chi connectivity index (χ0v) is 19.3. The molecule has 2 N–H and O–H groups in total. The van der Waals surface area contributed by atoms with Gasteiger partial charge in [-0.1, -0.05) is 18.6 Å². The van der Waals surface area contributed by atoms with Crippen molar-refractivity contribution in [1.29, 1.82) is 0 Å². The van der Waals surface area contributed by atoms with Gasteiger partial charge in [-0.3, -0.25) is 9.52 Å². The molecule has 0 atom stereocenters. The maximum atomic E-state index is 13.0. The Balaban J connectivity index is 1.51. The van der Waals surface area contributed by atoms with Crippen LogP contribution in [0, 0.1) is 0 Å². The summed E-state index contributed by atoms with van der Waals surface area (Å²) in [7, 11) is -1.05. The number of amides is 1. The van der Waals surface area contributed by atoms with Crippen LogP contribution in [0.1, 0.15) is 30.6 Å². The molecule has 0 spiro atoms. The van der Waals surface area contributed by atoms with Crippen molar-refractivity contribution in [3.05, 3.63) is 72.2 Å². The second kappa shape index (κ2) is 9.19. The molecular weight excluding hydrogens is 444 g/mol. The minimum absolute atomic E-state index is 0.0267. The molecule has 1 amide bonds. The van der Waals surface area contributed by atoms with Gasteiger partial charge in [0.15, 0.2) is 0 Å². The third-order valence-corrected chi connectivity index (χ3v) is 7.40. The predicted octanol–water partition coefficient (Wildman–Crippen LogP) is 3.84. The number of furan rings is 1. The fourth-order valence-electron chi connectivity index (χ4n) is 3.99. The summed E-state index contributed by atoms with van der Waals surface area (Å²) >= 11 is 0. The first-order chi connectivity index (χ1) is 15.9. The number of hydrogen-bond donors (Lipinski definition) is 2. The molecule has 8 nitrogen and oxygen atoms in total. The van der Waals surface area contributed by atoms with E-state index in [2.05, 4.69) is 10.0 Å². The number of anilines is 1. The lowest BCUT2D eigenvalue weighted by atomic mass is 9.64. The second-order valence-electron chi connectivity index (χ2n) is 7.90. The van der Waals surface area contributed by atoms with Crippen molar-refractivity contribution in [2.24, 2.45) is 0 Å². The van der Waals surface area contributed by atoms with Crippen LogP contribution in [-0.2, 0) is 26.8 Å². The molecule has 0 bridgehead atoms. The number of methoxy groups -OCH3 is 2. The molecule has 9 heteroatoms. The van der Waals surface area contributed by atoms with Crippen LogP contribution in [-0.4, -0.2) is 28.5 Å². The smallest absolute Gasteiger partial charge is 0.265 e. The molecule has 1 saturated carbocycles. The minimum Gasteiger partial charge on any atom is -0.497 e. The fraction of sp³-hybridized carbons (Fsp3) is 0.292. The lowest BCUT2D eigenvalue weighted by molar-refractivity contribution is -0.130. The standard InChI is InChI=1S/C24H26N2O6S/c1-30-19-10-11-21(31-2)22(15-19)33(28,29)26-18-8-6-17(7-9-18)24(12-4-13-24)23(27)25-16-20-5-3-14-32-20/h3,5-11,14-15,26H,4,12-13,16H2,1-2H3,(H,25,27). The highest BCUT2D eigenvalue weighted by molar-refractivity contribution is 7.92. The van der Waals surface area contributed by atoms with E-state index in [0.717, 1.165) is 24.8 Å². The molecule has 4 rings (SSSR count). The van der Waals surface area contributed by atoms with Crippen molar-refractivity contribution in [3.8, 4) is 11.5 Å². The van der Waals surface area contributed by atoms with E-state index in [-0.39, 0.29) is 16.6 Å². The summed E-state index contributed by atoms with van der Waals surface area (Å²) in [6.07, 6.45) is 4.01. The first-order valence-electron chi connectivity index (χ1n) is 10.5. The summed E-state index contributed by atoms with van der Waals surface area (Å²) < 4.78 is 44.2. The average molecular weight is 471 g/mol. The van der Waals surface area contributed by atoms with Gasteiger partial charge in [-0.2, -0.15) is 0 Å². The third-order valence-electron chi connectivity index (χ3n) is 6.00. The number of hydrogen-bond acceptors (Lipinski definition) is 6. The quantitative estimate of drug-likeness (QED) is 0.492. The Hall–Kier alpha value is -3.46. The molecule has 1 aliphatic carbocycles. The molecule has 0 radical (unpaired) electrons. The summed E-state index contributed by atoms with van der Waals surface area (Å²) in [6, 6.07) is 15.1. The number of carbonyl (C=O) groups excluding carboxylic acids is 1. The van der Waals surface area contributed by atoms with Crippen LogP contribution in [0.2, 0.25) is 0 Å². The topological polar surface area (TPSA) is 107 Å². The summed E-state index contributed by atoms with van der Waals surface area (Å²) in [4.78, 5) is 13.0. The largest absolute Gasteiger partial charge is 0.497 e. The number of sulfonamides is 1. The van der Waals surface area contributed by atoms with Crippen LogP contribution >= 0.6 is 0 Å². The Morgan fingerprint density at radius 3 is 2.39 bits per heavy atom. The Morgan fingerprint density at radius 2 is 1.82 bits per heavy atom. The van der Waals surface area contributed by atoms with Crippen LogP contribution in [0.5, 0.6) is 11.5 Å². The summed E-state index contributed by atoms with van der Waals surface area (Å²) in [5, 5.41) is 2.95. The molecule has 2 aromatic carbocycles. The minimum atomic E-state index is -3.92. The summed E-state index contributed by atoms with van der Waals surface area (Å²) in [5.41, 5.74) is 0.627. The van der Waals surface area contributed by atoms with Gasteiger partial charge in [0, 0.05) is 11.8 Å². The van der Waals surface area contributed by atoms with Gasteiger partial charge in [-0.05, 0) is 54.8 Å². The lowest BCUT2D eigenvalue weighted by Gasteiger charge is -2.40. The zero-order valence-electron chi connectivity index (χ0n) is 18.5. The van der Waals surface area contributed by atoms with Crippen molar-refractivity contribution in [2.45, 2.75) is 36.1 Å². The number of ether oxygens (including phenoxy) is 2. The average Bonchev–Trinajstić information content (AvgIpc) is 3.31. The van der Waals surface area contributed by atoms with Crippen molar-refractivity contribution >= 4 is 21.6 Å². The third kappa shape index (κ3) is 4.54. The van der Waals surface area contributed by atoms with E-state index in [4.69, 9.17) is 13.9 Å². The van der Waals surface area contributed by atoms with Crippen molar-refractivity contribution in [3.63, 3.8) is 0 Å². The van der Waals surface area contributed by atoms with E-state index in [1.165, 1.54) is 26.4 Å². The van der Waals surface area contributed by atoms with E-state index < -0.39 is 15.4 Å². The monoisotopic (exact) mass is 470 g/mol. The van der Waals surface area contributed by atoms with Gasteiger partial charge >= 0.3 is 0 Å². The Labute approximate surface area is 193 Å². The molecule has 0 saturated heterocycles. The van der Waals surface area contributed by atoms with Gasteiger partial charge in [-0.15, -0.1) is 0 Å². The van der Waals surface area contributed by atoms with Crippen LogP contribution < -0.4 is 19.5 Å². The highest BCUT2D eigenvalue weighted by Gasteiger charge is 2.45. The molecule has 1 fully saturated rings. The lowest BCUT2D eigenvalue weighted by Crippen LogP contribution is -2.48. The van der Waals surface area contributed by atoms with Gasteiger partial charge in [-0.25, -0.2) is 8.42 Å². The maximum absolute atomic E-state index is 13.0. The molecule has 3 aromatic rings. The van der Waals surface area contributed by atoms with Gasteiger partial charge in [0.05, 0.1) is 32.4 Å². The van der Waals surface area contributed by atoms with Gasteiger partial charge in [0.2, 0.25) is 5.91 Å². The fourth-order valence-corrected chi connectivity index (χ4v) is 5.23. The first kappa shape index (κ1) is 22.7. The molecule has 33 heavy (non-hydrogen) atoms. The Morgan fingerprint density at radius 1 is 1.06 bits per heavy atom. The highest BCUT2D eigenvalue weighted by Crippen LogP contribution is 2.44. The van der Waals surface area contributed by atoms with Crippen molar-refractivity contribution in [2.75, 3.05) is 18.9 Å². The van der Waals surface area contributed by atoms with E-state index in [1.54, 1.807) is 42.7 Å². The summed E-state index contributed by atoms with van der Waals surface area (Å²) in [6.45, 7) is 0.327. The summed E-state index contributed by atoms with van der Waals surface area (Å²) in [5.74, 6) is 1.25. The van der Waals surface area contributed by atoms with E-state index in [0.29, 0.717) is 23.7 Å².